The zero-order valence-electron chi connectivity index (χ0n) is 12.0. The van der Waals surface area contributed by atoms with Gasteiger partial charge in [-0.05, 0) is 53.5 Å². The Kier molecular flexibility index (Phi) is 6.25. The van der Waals surface area contributed by atoms with E-state index in [0.29, 0.717) is 13.0 Å². The summed E-state index contributed by atoms with van der Waals surface area (Å²) < 4.78 is 11.3. The molecule has 1 aliphatic carbocycles. The Morgan fingerprint density at radius 2 is 2.19 bits per heavy atom. The summed E-state index contributed by atoms with van der Waals surface area (Å²) in [6.45, 7) is 0.703. The molecule has 0 spiro atoms. The molecule has 0 radical (unpaired) electrons. The van der Waals surface area contributed by atoms with Gasteiger partial charge in [-0.25, -0.2) is 4.79 Å². The topological polar surface area (TPSA) is 59.0 Å². The van der Waals surface area contributed by atoms with Crippen LogP contribution in [0.2, 0.25) is 0 Å². The van der Waals surface area contributed by atoms with Crippen LogP contribution < -0.4 is 0 Å². The first-order chi connectivity index (χ1) is 10.1. The van der Waals surface area contributed by atoms with E-state index in [1.807, 2.05) is 24.3 Å². The molecule has 0 bridgehead atoms. The molecule has 1 fully saturated rings. The molecule has 0 saturated heterocycles. The minimum atomic E-state index is -0.853. The third-order valence-electron chi connectivity index (χ3n) is 3.50. The third kappa shape index (κ3) is 4.55. The molecule has 21 heavy (non-hydrogen) atoms. The van der Waals surface area contributed by atoms with Crippen molar-refractivity contribution in [2.75, 3.05) is 20.5 Å². The fourth-order valence-electron chi connectivity index (χ4n) is 2.42. The quantitative estimate of drug-likeness (QED) is 0.409. The first-order valence-electron chi connectivity index (χ1n) is 6.97. The van der Waals surface area contributed by atoms with Gasteiger partial charge in [0.05, 0.1) is 12.6 Å². The average molecular weight is 405 g/mol. The lowest BCUT2D eigenvalue weighted by atomic mass is 10.0. The number of halogens is 1. The lowest BCUT2D eigenvalue weighted by molar-refractivity contribution is -0.0365. The first kappa shape index (κ1) is 16.5. The Balaban J connectivity index is 2.17. The van der Waals surface area contributed by atoms with E-state index in [-0.39, 0.29) is 18.9 Å². The van der Waals surface area contributed by atoms with Crippen LogP contribution in [0.15, 0.2) is 24.3 Å². The number of carboxylic acid groups (broad SMARTS) is 1. The van der Waals surface area contributed by atoms with Gasteiger partial charge in [-0.3, -0.25) is 4.90 Å². The van der Waals surface area contributed by atoms with E-state index >= 15 is 0 Å². The number of amides is 1. The van der Waals surface area contributed by atoms with E-state index < -0.39 is 6.09 Å². The second kappa shape index (κ2) is 7.95. The van der Waals surface area contributed by atoms with Gasteiger partial charge in [0.15, 0.2) is 0 Å². The average Bonchev–Trinajstić information content (AvgIpc) is 3.27. The number of rotatable bonds is 8. The molecule has 0 heterocycles. The highest BCUT2D eigenvalue weighted by Gasteiger charge is 2.38. The van der Waals surface area contributed by atoms with Crippen molar-refractivity contribution in [3.63, 3.8) is 0 Å². The molecule has 1 N–H and O–H groups in total. The molecule has 5 nitrogen and oxygen atoms in total. The Bertz CT molecular complexity index is 478. The van der Waals surface area contributed by atoms with Crippen molar-refractivity contribution < 1.29 is 19.4 Å². The van der Waals surface area contributed by atoms with E-state index in [4.69, 9.17) is 9.47 Å². The van der Waals surface area contributed by atoms with Gasteiger partial charge in [0.1, 0.15) is 6.79 Å². The minimum absolute atomic E-state index is 0.144. The minimum Gasteiger partial charge on any atom is -0.465 e. The molecule has 1 aromatic rings. The van der Waals surface area contributed by atoms with Crippen molar-refractivity contribution >= 4 is 28.7 Å². The number of carbonyl (C=O) groups is 1. The summed E-state index contributed by atoms with van der Waals surface area (Å²) in [5.74, 6) is 0. The summed E-state index contributed by atoms with van der Waals surface area (Å²) in [6.07, 6.45) is 1.68. The van der Waals surface area contributed by atoms with Crippen molar-refractivity contribution in [1.29, 1.82) is 0 Å². The van der Waals surface area contributed by atoms with Crippen LogP contribution >= 0.6 is 22.6 Å². The normalized spacial score (nSPS) is 15.7. The zero-order chi connectivity index (χ0) is 15.2. The maximum Gasteiger partial charge on any atom is 0.408 e. The molecule has 116 valence electrons. The molecule has 1 amide bonds. The van der Waals surface area contributed by atoms with E-state index in [1.54, 1.807) is 12.0 Å². The van der Waals surface area contributed by atoms with Crippen molar-refractivity contribution in [3.8, 4) is 0 Å². The molecule has 0 aromatic heterocycles. The predicted octanol–water partition coefficient (Wildman–Crippen LogP) is 3.49. The molecule has 1 aromatic carbocycles. The maximum atomic E-state index is 11.7. The molecule has 1 aliphatic rings. The van der Waals surface area contributed by atoms with Crippen molar-refractivity contribution in [2.45, 2.75) is 31.3 Å². The van der Waals surface area contributed by atoms with E-state index in [0.717, 1.165) is 22.0 Å². The zero-order valence-corrected chi connectivity index (χ0v) is 14.2. The van der Waals surface area contributed by atoms with Gasteiger partial charge in [0.2, 0.25) is 0 Å². The molecular weight excluding hydrogens is 385 g/mol. The Morgan fingerprint density at radius 1 is 1.48 bits per heavy atom. The van der Waals surface area contributed by atoms with Gasteiger partial charge >= 0.3 is 6.09 Å². The van der Waals surface area contributed by atoms with Gasteiger partial charge in [-0.15, -0.1) is 0 Å². The fourth-order valence-corrected chi connectivity index (χ4v) is 3.17. The Hall–Kier alpha value is -0.860. The maximum absolute atomic E-state index is 11.7. The van der Waals surface area contributed by atoms with E-state index in [1.165, 1.54) is 0 Å². The summed E-state index contributed by atoms with van der Waals surface area (Å²) in [7, 11) is 1.57. The van der Waals surface area contributed by atoms with Crippen LogP contribution in [0.3, 0.4) is 0 Å². The second-order valence-electron chi connectivity index (χ2n) is 5.06. The largest absolute Gasteiger partial charge is 0.465 e. The van der Waals surface area contributed by atoms with Crippen molar-refractivity contribution in [3.05, 3.63) is 33.4 Å². The van der Waals surface area contributed by atoms with Crippen LogP contribution in [0.1, 0.15) is 30.9 Å². The Labute approximate surface area is 138 Å². The Morgan fingerprint density at radius 3 is 2.76 bits per heavy atom. The van der Waals surface area contributed by atoms with Gasteiger partial charge < -0.3 is 14.6 Å². The summed E-state index contributed by atoms with van der Waals surface area (Å²) in [5, 5.41) is 9.57. The first-order valence-corrected chi connectivity index (χ1v) is 8.05. The predicted molar refractivity (Wildman–Crippen MR) is 87.2 cm³/mol. The summed E-state index contributed by atoms with van der Waals surface area (Å²) in [5.41, 5.74) is 1.05. The lowest BCUT2D eigenvalue weighted by Gasteiger charge is -2.30. The van der Waals surface area contributed by atoms with Crippen LogP contribution in [-0.2, 0) is 9.47 Å². The van der Waals surface area contributed by atoms with Crippen LogP contribution in [0.5, 0.6) is 0 Å². The van der Waals surface area contributed by atoms with Gasteiger partial charge in [0.25, 0.3) is 0 Å². The molecule has 2 rings (SSSR count). The molecule has 1 saturated carbocycles. The SMILES string of the molecule is COCOCC[C@@H](c1ccccc1I)N(C(=O)O)C1CC1. The van der Waals surface area contributed by atoms with Crippen LogP contribution in [0.4, 0.5) is 4.79 Å². The second-order valence-corrected chi connectivity index (χ2v) is 6.22. The standard InChI is InChI=1S/C15H20INO4/c1-20-10-21-9-8-14(12-4-2-3-5-13(12)16)17(15(18)19)11-6-7-11/h2-5,11,14H,6-10H2,1H3,(H,18,19)/t14-/m0/s1. The summed E-state index contributed by atoms with van der Waals surface area (Å²) in [6, 6.07) is 7.90. The van der Waals surface area contributed by atoms with E-state index in [9.17, 15) is 9.90 Å². The molecule has 1 atom stereocenters. The lowest BCUT2D eigenvalue weighted by Crippen LogP contribution is -2.36. The highest BCUT2D eigenvalue weighted by atomic mass is 127. The molecule has 0 unspecified atom stereocenters. The number of methoxy groups -OCH3 is 1. The van der Waals surface area contributed by atoms with E-state index in [2.05, 4.69) is 22.6 Å². The molecule has 6 heteroatoms. The van der Waals surface area contributed by atoms with Crippen molar-refractivity contribution in [1.82, 2.24) is 4.90 Å². The summed E-state index contributed by atoms with van der Waals surface area (Å²) in [4.78, 5) is 13.2. The highest BCUT2D eigenvalue weighted by Crippen LogP contribution is 2.37. The number of benzene rings is 1. The number of hydrogen-bond acceptors (Lipinski definition) is 3. The van der Waals surface area contributed by atoms with Gasteiger partial charge in [0, 0.05) is 16.7 Å². The molecule has 0 aliphatic heterocycles. The van der Waals surface area contributed by atoms with Gasteiger partial charge in [-0.1, -0.05) is 18.2 Å². The smallest absolute Gasteiger partial charge is 0.408 e. The molecular formula is C15H20INO4. The number of hydrogen-bond donors (Lipinski definition) is 1. The number of ether oxygens (including phenoxy) is 2. The van der Waals surface area contributed by atoms with Crippen LogP contribution in [0.25, 0.3) is 0 Å². The summed E-state index contributed by atoms with van der Waals surface area (Å²) >= 11 is 2.26. The number of nitrogens with zero attached hydrogens (tertiary/aromatic N) is 1. The fraction of sp³-hybridized carbons (Fsp3) is 0.533. The third-order valence-corrected chi connectivity index (χ3v) is 4.48. The van der Waals surface area contributed by atoms with Crippen LogP contribution in [0, 0.1) is 3.57 Å². The van der Waals surface area contributed by atoms with Crippen molar-refractivity contribution in [2.24, 2.45) is 0 Å². The van der Waals surface area contributed by atoms with Crippen LogP contribution in [-0.4, -0.2) is 42.7 Å². The van der Waals surface area contributed by atoms with Gasteiger partial charge in [-0.2, -0.15) is 0 Å². The highest BCUT2D eigenvalue weighted by molar-refractivity contribution is 14.1. The monoisotopic (exact) mass is 405 g/mol.